The Bertz CT molecular complexity index is 93.3. The van der Waals surface area contributed by atoms with Crippen molar-refractivity contribution in [2.75, 3.05) is 19.6 Å². The molecule has 0 spiro atoms. The van der Waals surface area contributed by atoms with Gasteiger partial charge in [-0.25, -0.2) is 4.39 Å². The molecule has 10 heavy (non-hydrogen) atoms. The number of rotatable bonds is 2. The first kappa shape index (κ1) is 7.99. The summed E-state index contributed by atoms with van der Waals surface area (Å²) < 4.78 is 12.7. The van der Waals surface area contributed by atoms with Crippen LogP contribution in [0.15, 0.2) is 0 Å². The van der Waals surface area contributed by atoms with Crippen molar-refractivity contribution in [3.05, 3.63) is 6.92 Å². The van der Waals surface area contributed by atoms with Crippen molar-refractivity contribution in [3.63, 3.8) is 0 Å². The van der Waals surface area contributed by atoms with Crippen LogP contribution in [0.4, 0.5) is 4.39 Å². The van der Waals surface area contributed by atoms with Gasteiger partial charge in [0.25, 0.3) is 0 Å². The van der Waals surface area contributed by atoms with E-state index in [4.69, 9.17) is 0 Å². The number of hydrogen-bond donors (Lipinski definition) is 0. The Kier molecular flexibility index (Phi) is 3.13. The molecule has 0 aromatic carbocycles. The fraction of sp³-hybridized carbons (Fsp3) is 0.875. The molecule has 0 aromatic heterocycles. The highest BCUT2D eigenvalue weighted by molar-refractivity contribution is 4.71. The van der Waals surface area contributed by atoms with Crippen LogP contribution in [0.2, 0.25) is 0 Å². The Morgan fingerprint density at radius 3 is 3.00 bits per heavy atom. The van der Waals surface area contributed by atoms with Crippen molar-refractivity contribution < 1.29 is 4.39 Å². The van der Waals surface area contributed by atoms with Gasteiger partial charge in [-0.3, -0.25) is 0 Å². The summed E-state index contributed by atoms with van der Waals surface area (Å²) in [5, 5.41) is 0. The van der Waals surface area contributed by atoms with Gasteiger partial charge in [-0.15, -0.1) is 0 Å². The van der Waals surface area contributed by atoms with Gasteiger partial charge in [0, 0.05) is 6.54 Å². The monoisotopic (exact) mass is 144 g/mol. The molecule has 0 aromatic rings. The van der Waals surface area contributed by atoms with Crippen molar-refractivity contribution >= 4 is 0 Å². The lowest BCUT2D eigenvalue weighted by molar-refractivity contribution is 0.140. The normalized spacial score (nSPS) is 28.8. The molecule has 1 fully saturated rings. The Morgan fingerprint density at radius 1 is 1.60 bits per heavy atom. The lowest BCUT2D eigenvalue weighted by Gasteiger charge is -2.28. The third-order valence-electron chi connectivity index (χ3n) is 1.92. The molecule has 1 radical (unpaired) electrons. The number of piperidine rings is 1. The summed E-state index contributed by atoms with van der Waals surface area (Å²) in [6.45, 7) is 6.40. The van der Waals surface area contributed by atoms with E-state index < -0.39 is 6.17 Å². The van der Waals surface area contributed by atoms with Crippen LogP contribution in [0.3, 0.4) is 0 Å². The number of halogens is 1. The fourth-order valence-electron chi connectivity index (χ4n) is 1.43. The third kappa shape index (κ3) is 2.25. The summed E-state index contributed by atoms with van der Waals surface area (Å²) >= 11 is 0. The largest absolute Gasteiger partial charge is 0.300 e. The second-order valence-corrected chi connectivity index (χ2v) is 2.89. The molecule has 1 unspecified atom stereocenters. The summed E-state index contributed by atoms with van der Waals surface area (Å²) in [5.41, 5.74) is 0. The summed E-state index contributed by atoms with van der Waals surface area (Å²) in [6.07, 6.45) is 2.09. The van der Waals surface area contributed by atoms with Crippen LogP contribution >= 0.6 is 0 Å². The van der Waals surface area contributed by atoms with E-state index in [0.717, 1.165) is 32.4 Å². The van der Waals surface area contributed by atoms with Crippen molar-refractivity contribution in [2.45, 2.75) is 25.4 Å². The molecular formula is C8H15FN. The predicted octanol–water partition coefficient (Wildman–Crippen LogP) is 1.64. The Balaban J connectivity index is 2.18. The average Bonchev–Trinajstić information content (AvgIpc) is 1.88. The van der Waals surface area contributed by atoms with Crippen molar-refractivity contribution in [1.82, 2.24) is 4.90 Å². The van der Waals surface area contributed by atoms with E-state index in [2.05, 4.69) is 11.8 Å². The maximum atomic E-state index is 12.7. The zero-order valence-corrected chi connectivity index (χ0v) is 6.35. The van der Waals surface area contributed by atoms with Crippen LogP contribution in [0.25, 0.3) is 0 Å². The van der Waals surface area contributed by atoms with Gasteiger partial charge in [0.05, 0.1) is 0 Å². The number of likely N-dealkylation sites (tertiary alicyclic amines) is 1. The van der Waals surface area contributed by atoms with Crippen LogP contribution in [-0.2, 0) is 0 Å². The molecule has 0 saturated carbocycles. The second-order valence-electron chi connectivity index (χ2n) is 2.89. The zero-order chi connectivity index (χ0) is 7.40. The van der Waals surface area contributed by atoms with Gasteiger partial charge in [-0.1, -0.05) is 6.92 Å². The van der Waals surface area contributed by atoms with E-state index >= 15 is 0 Å². The van der Waals surface area contributed by atoms with Crippen LogP contribution < -0.4 is 0 Å². The van der Waals surface area contributed by atoms with Crippen molar-refractivity contribution in [2.24, 2.45) is 0 Å². The second kappa shape index (κ2) is 3.91. The predicted molar refractivity (Wildman–Crippen MR) is 40.5 cm³/mol. The molecule has 1 heterocycles. The van der Waals surface area contributed by atoms with E-state index in [1.165, 1.54) is 0 Å². The molecule has 1 nitrogen and oxygen atoms in total. The van der Waals surface area contributed by atoms with Gasteiger partial charge in [-0.05, 0) is 32.4 Å². The first-order chi connectivity index (χ1) is 4.83. The van der Waals surface area contributed by atoms with Gasteiger partial charge in [0.1, 0.15) is 6.17 Å². The van der Waals surface area contributed by atoms with Gasteiger partial charge in [-0.2, -0.15) is 0 Å². The first-order valence-corrected chi connectivity index (χ1v) is 3.98. The molecule has 1 saturated heterocycles. The van der Waals surface area contributed by atoms with Gasteiger partial charge in [0.15, 0.2) is 0 Å². The lowest BCUT2D eigenvalue weighted by atomic mass is 10.1. The Hall–Kier alpha value is -0.110. The highest BCUT2D eigenvalue weighted by Crippen LogP contribution is 2.12. The summed E-state index contributed by atoms with van der Waals surface area (Å²) in [7, 11) is 0. The molecule has 0 amide bonds. The van der Waals surface area contributed by atoms with Crippen LogP contribution in [0, 0.1) is 6.92 Å². The standard InChI is InChI=1S/C8H15FN/c1-2-5-10-6-3-4-8(9)7-10/h8H,1-7H2. The van der Waals surface area contributed by atoms with E-state index in [9.17, 15) is 4.39 Å². The number of alkyl halides is 1. The van der Waals surface area contributed by atoms with Crippen LogP contribution in [0.5, 0.6) is 0 Å². The number of nitrogens with zero attached hydrogens (tertiary/aromatic N) is 1. The highest BCUT2D eigenvalue weighted by atomic mass is 19.1. The molecule has 1 atom stereocenters. The smallest absolute Gasteiger partial charge is 0.113 e. The first-order valence-electron chi connectivity index (χ1n) is 3.98. The minimum Gasteiger partial charge on any atom is -0.300 e. The summed E-state index contributed by atoms with van der Waals surface area (Å²) in [6, 6.07) is 0. The molecule has 1 rings (SSSR count). The SMILES string of the molecule is [CH2]CCN1CCCC(F)C1. The lowest BCUT2D eigenvalue weighted by Crippen LogP contribution is -2.36. The van der Waals surface area contributed by atoms with E-state index in [-0.39, 0.29) is 0 Å². The zero-order valence-electron chi connectivity index (χ0n) is 6.35. The molecule has 0 bridgehead atoms. The molecule has 0 aliphatic carbocycles. The highest BCUT2D eigenvalue weighted by Gasteiger charge is 2.17. The molecule has 1 aliphatic heterocycles. The molecule has 59 valence electrons. The molecule has 2 heteroatoms. The van der Waals surface area contributed by atoms with Crippen LogP contribution in [0.1, 0.15) is 19.3 Å². The molecule has 0 N–H and O–H groups in total. The van der Waals surface area contributed by atoms with E-state index in [0.29, 0.717) is 6.54 Å². The van der Waals surface area contributed by atoms with Gasteiger partial charge < -0.3 is 4.90 Å². The maximum absolute atomic E-state index is 12.7. The molecule has 1 aliphatic rings. The van der Waals surface area contributed by atoms with Crippen molar-refractivity contribution in [1.29, 1.82) is 0 Å². The Morgan fingerprint density at radius 2 is 2.40 bits per heavy atom. The summed E-state index contributed by atoms with van der Waals surface area (Å²) in [4.78, 5) is 2.15. The minimum absolute atomic E-state index is 0.583. The summed E-state index contributed by atoms with van der Waals surface area (Å²) in [5.74, 6) is 0. The topological polar surface area (TPSA) is 3.24 Å². The van der Waals surface area contributed by atoms with Crippen LogP contribution in [-0.4, -0.2) is 30.7 Å². The van der Waals surface area contributed by atoms with E-state index in [1.54, 1.807) is 0 Å². The number of hydrogen-bond acceptors (Lipinski definition) is 1. The Labute approximate surface area is 62.2 Å². The molecular weight excluding hydrogens is 129 g/mol. The van der Waals surface area contributed by atoms with Crippen molar-refractivity contribution in [3.8, 4) is 0 Å². The quantitative estimate of drug-likeness (QED) is 0.569. The van der Waals surface area contributed by atoms with Gasteiger partial charge in [0.2, 0.25) is 0 Å². The maximum Gasteiger partial charge on any atom is 0.113 e. The third-order valence-corrected chi connectivity index (χ3v) is 1.92. The van der Waals surface area contributed by atoms with Gasteiger partial charge >= 0.3 is 0 Å². The minimum atomic E-state index is -0.583. The van der Waals surface area contributed by atoms with E-state index in [1.807, 2.05) is 0 Å². The fourth-order valence-corrected chi connectivity index (χ4v) is 1.43. The average molecular weight is 144 g/mol.